The van der Waals surface area contributed by atoms with Crippen LogP contribution in [0.3, 0.4) is 0 Å². The van der Waals surface area contributed by atoms with Crippen molar-refractivity contribution in [1.29, 1.82) is 0 Å². The molecule has 0 saturated carbocycles. The number of nitrogens with one attached hydrogen (secondary N) is 1. The van der Waals surface area contributed by atoms with Gasteiger partial charge in [0.25, 0.3) is 0 Å². The van der Waals surface area contributed by atoms with Gasteiger partial charge in [0.2, 0.25) is 0 Å². The Morgan fingerprint density at radius 3 is 2.53 bits per heavy atom. The van der Waals surface area contributed by atoms with Crippen LogP contribution in [-0.4, -0.2) is 12.3 Å². The lowest BCUT2D eigenvalue weighted by Crippen LogP contribution is -2.06. The summed E-state index contributed by atoms with van der Waals surface area (Å²) >= 11 is 0. The highest BCUT2D eigenvalue weighted by molar-refractivity contribution is 6.09. The van der Waals surface area contributed by atoms with E-state index in [0.717, 1.165) is 18.7 Å². The van der Waals surface area contributed by atoms with Crippen LogP contribution >= 0.6 is 0 Å². The summed E-state index contributed by atoms with van der Waals surface area (Å²) in [6.07, 6.45) is 1.01. The molecule has 3 N–H and O–H groups in total. The summed E-state index contributed by atoms with van der Waals surface area (Å²) in [5.41, 5.74) is 8.72. The number of hydrogen-bond acceptors (Lipinski definition) is 3. The summed E-state index contributed by atoms with van der Waals surface area (Å²) in [5, 5.41) is 3.23. The zero-order valence-corrected chi connectivity index (χ0v) is 11.0. The van der Waals surface area contributed by atoms with E-state index in [-0.39, 0.29) is 5.78 Å². The van der Waals surface area contributed by atoms with Gasteiger partial charge in [-0.2, -0.15) is 0 Å². The number of carbonyl (C=O) groups is 1. The summed E-state index contributed by atoms with van der Waals surface area (Å²) in [6, 6.07) is 14.6. The molecular formula is C16H18N2O. The molecule has 0 saturated heterocycles. The quantitative estimate of drug-likeness (QED) is 0.635. The van der Waals surface area contributed by atoms with Gasteiger partial charge in [0, 0.05) is 17.7 Å². The van der Waals surface area contributed by atoms with E-state index < -0.39 is 0 Å². The van der Waals surface area contributed by atoms with Gasteiger partial charge < -0.3 is 11.1 Å². The molecule has 19 heavy (non-hydrogen) atoms. The molecule has 3 heteroatoms. The van der Waals surface area contributed by atoms with Gasteiger partial charge in [0.15, 0.2) is 5.78 Å². The lowest BCUT2D eigenvalue weighted by atomic mass is 10.0. The maximum absolute atomic E-state index is 12.3. The van der Waals surface area contributed by atoms with Gasteiger partial charge in [-0.05, 0) is 24.6 Å². The second-order valence-corrected chi connectivity index (χ2v) is 4.42. The van der Waals surface area contributed by atoms with Crippen LogP contribution in [0, 0.1) is 0 Å². The first kappa shape index (κ1) is 13.1. The Hall–Kier alpha value is -2.29. The first-order valence-corrected chi connectivity index (χ1v) is 6.45. The standard InChI is InChI=1S/C16H18N2O/c1-2-10-18-15-11-13(8-9-14(15)17)16(19)12-6-4-3-5-7-12/h3-9,11,18H,2,10,17H2,1H3. The Balaban J connectivity index is 2.28. The minimum atomic E-state index is 0.0140. The monoisotopic (exact) mass is 254 g/mol. The molecule has 3 nitrogen and oxygen atoms in total. The van der Waals surface area contributed by atoms with Crippen molar-refractivity contribution in [3.63, 3.8) is 0 Å². The van der Waals surface area contributed by atoms with E-state index in [9.17, 15) is 4.79 Å². The summed E-state index contributed by atoms with van der Waals surface area (Å²) in [7, 11) is 0. The van der Waals surface area contributed by atoms with Crippen LogP contribution in [0.1, 0.15) is 29.3 Å². The summed E-state index contributed by atoms with van der Waals surface area (Å²) < 4.78 is 0. The molecule has 0 aliphatic rings. The van der Waals surface area contributed by atoms with Gasteiger partial charge in [-0.1, -0.05) is 37.3 Å². The van der Waals surface area contributed by atoms with Crippen molar-refractivity contribution in [1.82, 2.24) is 0 Å². The van der Waals surface area contributed by atoms with Crippen molar-refractivity contribution >= 4 is 17.2 Å². The van der Waals surface area contributed by atoms with Crippen LogP contribution in [0.5, 0.6) is 0 Å². The van der Waals surface area contributed by atoms with Gasteiger partial charge in [-0.3, -0.25) is 4.79 Å². The summed E-state index contributed by atoms with van der Waals surface area (Å²) in [5.74, 6) is 0.0140. The highest BCUT2D eigenvalue weighted by atomic mass is 16.1. The zero-order valence-electron chi connectivity index (χ0n) is 11.0. The molecule has 2 aromatic rings. The molecule has 0 bridgehead atoms. The number of ketones is 1. The van der Waals surface area contributed by atoms with Crippen LogP contribution in [-0.2, 0) is 0 Å². The Morgan fingerprint density at radius 1 is 1.11 bits per heavy atom. The number of benzene rings is 2. The van der Waals surface area contributed by atoms with E-state index in [2.05, 4.69) is 12.2 Å². The van der Waals surface area contributed by atoms with Crippen LogP contribution in [0.15, 0.2) is 48.5 Å². The largest absolute Gasteiger partial charge is 0.397 e. The molecule has 0 aromatic heterocycles. The normalized spacial score (nSPS) is 10.2. The fraction of sp³-hybridized carbons (Fsp3) is 0.188. The fourth-order valence-corrected chi connectivity index (χ4v) is 1.87. The second kappa shape index (κ2) is 6.05. The predicted molar refractivity (Wildman–Crippen MR) is 79.5 cm³/mol. The fourth-order valence-electron chi connectivity index (χ4n) is 1.87. The van der Waals surface area contributed by atoms with Gasteiger partial charge in [-0.25, -0.2) is 0 Å². The van der Waals surface area contributed by atoms with Crippen molar-refractivity contribution in [2.24, 2.45) is 0 Å². The molecule has 0 unspecified atom stereocenters. The van der Waals surface area contributed by atoms with Gasteiger partial charge in [0.1, 0.15) is 0 Å². The smallest absolute Gasteiger partial charge is 0.193 e. The maximum Gasteiger partial charge on any atom is 0.193 e. The van der Waals surface area contributed by atoms with Gasteiger partial charge >= 0.3 is 0 Å². The molecule has 0 amide bonds. The topological polar surface area (TPSA) is 55.1 Å². The number of anilines is 2. The predicted octanol–water partition coefficient (Wildman–Crippen LogP) is 3.32. The Labute approximate surface area is 113 Å². The zero-order chi connectivity index (χ0) is 13.7. The Morgan fingerprint density at radius 2 is 1.84 bits per heavy atom. The Bertz CT molecular complexity index is 564. The van der Waals surface area contributed by atoms with E-state index in [4.69, 9.17) is 5.73 Å². The average Bonchev–Trinajstić information content (AvgIpc) is 2.46. The van der Waals surface area contributed by atoms with Crippen molar-refractivity contribution in [2.45, 2.75) is 13.3 Å². The second-order valence-electron chi connectivity index (χ2n) is 4.42. The molecular weight excluding hydrogens is 236 g/mol. The number of nitrogen functional groups attached to an aromatic ring is 1. The minimum absolute atomic E-state index is 0.0140. The van der Waals surface area contributed by atoms with Crippen molar-refractivity contribution in [3.05, 3.63) is 59.7 Å². The SMILES string of the molecule is CCCNc1cc(C(=O)c2ccccc2)ccc1N. The van der Waals surface area contributed by atoms with Crippen LogP contribution in [0.2, 0.25) is 0 Å². The molecule has 0 heterocycles. The minimum Gasteiger partial charge on any atom is -0.397 e. The first-order valence-electron chi connectivity index (χ1n) is 6.45. The third-order valence-electron chi connectivity index (χ3n) is 2.92. The number of hydrogen-bond donors (Lipinski definition) is 2. The summed E-state index contributed by atoms with van der Waals surface area (Å²) in [4.78, 5) is 12.3. The van der Waals surface area contributed by atoms with Crippen LogP contribution < -0.4 is 11.1 Å². The molecule has 98 valence electrons. The third-order valence-corrected chi connectivity index (χ3v) is 2.92. The molecule has 0 radical (unpaired) electrons. The first-order chi connectivity index (χ1) is 9.22. The molecule has 0 aliphatic heterocycles. The van der Waals surface area contributed by atoms with Gasteiger partial charge in [0.05, 0.1) is 11.4 Å². The van der Waals surface area contributed by atoms with E-state index in [1.54, 1.807) is 12.1 Å². The lowest BCUT2D eigenvalue weighted by Gasteiger charge is -2.10. The highest BCUT2D eigenvalue weighted by Crippen LogP contribution is 2.21. The molecule has 0 fully saturated rings. The molecule has 0 aliphatic carbocycles. The lowest BCUT2D eigenvalue weighted by molar-refractivity contribution is 0.103. The molecule has 2 rings (SSSR count). The average molecular weight is 254 g/mol. The number of carbonyl (C=O) groups excluding carboxylic acids is 1. The molecule has 0 atom stereocenters. The molecule has 2 aromatic carbocycles. The van der Waals surface area contributed by atoms with E-state index in [0.29, 0.717) is 16.8 Å². The molecule has 0 spiro atoms. The van der Waals surface area contributed by atoms with Crippen LogP contribution in [0.25, 0.3) is 0 Å². The van der Waals surface area contributed by atoms with E-state index in [1.807, 2.05) is 36.4 Å². The van der Waals surface area contributed by atoms with Crippen molar-refractivity contribution in [3.8, 4) is 0 Å². The summed E-state index contributed by atoms with van der Waals surface area (Å²) in [6.45, 7) is 2.93. The maximum atomic E-state index is 12.3. The highest BCUT2D eigenvalue weighted by Gasteiger charge is 2.10. The third kappa shape index (κ3) is 3.13. The van der Waals surface area contributed by atoms with Crippen molar-refractivity contribution in [2.75, 3.05) is 17.6 Å². The van der Waals surface area contributed by atoms with E-state index in [1.165, 1.54) is 0 Å². The number of nitrogens with two attached hydrogens (primary N) is 1. The van der Waals surface area contributed by atoms with Crippen molar-refractivity contribution < 1.29 is 4.79 Å². The van der Waals surface area contributed by atoms with Gasteiger partial charge in [-0.15, -0.1) is 0 Å². The Kier molecular flexibility index (Phi) is 4.18. The van der Waals surface area contributed by atoms with Crippen LogP contribution in [0.4, 0.5) is 11.4 Å². The number of rotatable bonds is 5. The van der Waals surface area contributed by atoms with E-state index >= 15 is 0 Å².